The number of fused-ring (bicyclic) bond motifs is 3. The first kappa shape index (κ1) is 27.1. The van der Waals surface area contributed by atoms with Crippen molar-refractivity contribution in [1.82, 2.24) is 9.55 Å². The first-order valence-corrected chi connectivity index (χ1v) is 16.1. The Balaban J connectivity index is 1.40. The second-order valence-electron chi connectivity index (χ2n) is 12.0. The minimum atomic E-state index is 0.980. The molecular formula is C45H30N2. The molecule has 0 N–H and O–H groups in total. The third kappa shape index (κ3) is 4.62. The van der Waals surface area contributed by atoms with Crippen LogP contribution in [0, 0.1) is 0 Å². The van der Waals surface area contributed by atoms with Gasteiger partial charge < -0.3 is 4.57 Å². The van der Waals surface area contributed by atoms with Crippen LogP contribution < -0.4 is 0 Å². The van der Waals surface area contributed by atoms with Gasteiger partial charge in [-0.2, -0.15) is 0 Å². The summed E-state index contributed by atoms with van der Waals surface area (Å²) in [4.78, 5) is 5.22. The van der Waals surface area contributed by atoms with Crippen molar-refractivity contribution in [2.75, 3.05) is 0 Å². The van der Waals surface area contributed by atoms with Gasteiger partial charge in [-0.1, -0.05) is 146 Å². The number of nitrogens with zero attached hydrogens (tertiary/aromatic N) is 2. The van der Waals surface area contributed by atoms with Crippen molar-refractivity contribution in [3.05, 3.63) is 182 Å². The molecule has 0 aliphatic heterocycles. The van der Waals surface area contributed by atoms with E-state index in [1.54, 1.807) is 0 Å². The maximum Gasteiger partial charge on any atom is 0.0722 e. The Morgan fingerprint density at radius 3 is 1.55 bits per heavy atom. The van der Waals surface area contributed by atoms with Gasteiger partial charge in [0.25, 0.3) is 0 Å². The highest BCUT2D eigenvalue weighted by Crippen LogP contribution is 2.45. The van der Waals surface area contributed by atoms with Gasteiger partial charge in [-0.05, 0) is 80.2 Å². The lowest BCUT2D eigenvalue weighted by Crippen LogP contribution is -2.00. The van der Waals surface area contributed by atoms with E-state index < -0.39 is 0 Å². The Bertz CT molecular complexity index is 2490. The third-order valence-corrected chi connectivity index (χ3v) is 9.20. The average Bonchev–Trinajstić information content (AvgIpc) is 3.60. The summed E-state index contributed by atoms with van der Waals surface area (Å²) in [6.07, 6.45) is 0. The van der Waals surface area contributed by atoms with Crippen LogP contribution in [0.25, 0.3) is 83.0 Å². The summed E-state index contributed by atoms with van der Waals surface area (Å²) in [6, 6.07) is 65.1. The predicted octanol–water partition coefficient (Wildman–Crippen LogP) is 12.0. The molecule has 2 aromatic heterocycles. The molecule has 2 nitrogen and oxygen atoms in total. The molecule has 0 amide bonds. The normalized spacial score (nSPS) is 11.4. The first-order chi connectivity index (χ1) is 23.3. The fraction of sp³-hybridized carbons (Fsp3) is 0. The zero-order valence-corrected chi connectivity index (χ0v) is 25.7. The highest BCUT2D eigenvalue weighted by molar-refractivity contribution is 6.21. The smallest absolute Gasteiger partial charge is 0.0722 e. The van der Waals surface area contributed by atoms with Gasteiger partial charge in [0.1, 0.15) is 0 Å². The SMILES string of the molecule is c1ccc(-c2c3ccccc3c(-c3ccc4ccccc4n3)c3ccc(-n4c(-c5ccccc5)ccc4-c4ccccc4)cc23)cc1. The van der Waals surface area contributed by atoms with Gasteiger partial charge in [0.05, 0.1) is 22.6 Å². The van der Waals surface area contributed by atoms with E-state index in [9.17, 15) is 0 Å². The summed E-state index contributed by atoms with van der Waals surface area (Å²) in [5, 5.41) is 5.94. The molecule has 7 aromatic carbocycles. The van der Waals surface area contributed by atoms with Crippen LogP contribution in [0.5, 0.6) is 0 Å². The van der Waals surface area contributed by atoms with E-state index in [-0.39, 0.29) is 0 Å². The zero-order chi connectivity index (χ0) is 31.2. The number of pyridine rings is 1. The van der Waals surface area contributed by atoms with Crippen LogP contribution in [-0.4, -0.2) is 9.55 Å². The van der Waals surface area contributed by atoms with Gasteiger partial charge in [0, 0.05) is 16.6 Å². The van der Waals surface area contributed by atoms with Crippen molar-refractivity contribution in [2.45, 2.75) is 0 Å². The maximum absolute atomic E-state index is 5.22. The number of aromatic nitrogens is 2. The van der Waals surface area contributed by atoms with E-state index in [4.69, 9.17) is 4.98 Å². The number of hydrogen-bond donors (Lipinski definition) is 0. The van der Waals surface area contributed by atoms with Crippen molar-refractivity contribution in [3.8, 4) is 50.6 Å². The van der Waals surface area contributed by atoms with Gasteiger partial charge in [0.2, 0.25) is 0 Å². The Hall–Kier alpha value is -6.25. The first-order valence-electron chi connectivity index (χ1n) is 16.1. The van der Waals surface area contributed by atoms with Crippen molar-refractivity contribution in [1.29, 1.82) is 0 Å². The molecule has 0 aliphatic rings. The van der Waals surface area contributed by atoms with Crippen LogP contribution in [0.4, 0.5) is 0 Å². The molecule has 9 rings (SSSR count). The standard InChI is InChI=1S/C45H30N2/c1-4-15-32(16-5-1)42-28-29-43(33-17-6-2-7-18-33)47(42)35-25-26-38-39(30-35)44(34-19-8-3-9-20-34)36-21-11-12-22-37(36)45(38)41-27-24-31-14-10-13-23-40(31)46-41/h1-30H. The summed E-state index contributed by atoms with van der Waals surface area (Å²) >= 11 is 0. The molecule has 9 aromatic rings. The molecule has 47 heavy (non-hydrogen) atoms. The van der Waals surface area contributed by atoms with Crippen LogP contribution >= 0.6 is 0 Å². The zero-order valence-electron chi connectivity index (χ0n) is 25.7. The lowest BCUT2D eigenvalue weighted by Gasteiger charge is -2.20. The topological polar surface area (TPSA) is 17.8 Å². The highest BCUT2D eigenvalue weighted by atomic mass is 15.0. The quantitative estimate of drug-likeness (QED) is 0.180. The van der Waals surface area contributed by atoms with Crippen LogP contribution in [0.15, 0.2) is 182 Å². The van der Waals surface area contributed by atoms with Crippen molar-refractivity contribution < 1.29 is 0 Å². The van der Waals surface area contributed by atoms with E-state index >= 15 is 0 Å². The van der Waals surface area contributed by atoms with Crippen molar-refractivity contribution in [3.63, 3.8) is 0 Å². The largest absolute Gasteiger partial charge is 0.309 e. The molecule has 0 saturated carbocycles. The predicted molar refractivity (Wildman–Crippen MR) is 198 cm³/mol. The van der Waals surface area contributed by atoms with Crippen molar-refractivity contribution in [2.24, 2.45) is 0 Å². The third-order valence-electron chi connectivity index (χ3n) is 9.20. The molecular weight excluding hydrogens is 569 g/mol. The van der Waals surface area contributed by atoms with E-state index in [0.29, 0.717) is 0 Å². The lowest BCUT2D eigenvalue weighted by molar-refractivity contribution is 1.10. The van der Waals surface area contributed by atoms with Crippen molar-refractivity contribution >= 4 is 32.4 Å². The summed E-state index contributed by atoms with van der Waals surface area (Å²) in [7, 11) is 0. The number of rotatable bonds is 5. The Labute approximate surface area is 273 Å². The summed E-state index contributed by atoms with van der Waals surface area (Å²) in [5.74, 6) is 0. The minimum absolute atomic E-state index is 0.980. The lowest BCUT2D eigenvalue weighted by atomic mass is 9.87. The van der Waals surface area contributed by atoms with E-state index in [1.807, 2.05) is 0 Å². The van der Waals surface area contributed by atoms with Crippen LogP contribution in [-0.2, 0) is 0 Å². The summed E-state index contributed by atoms with van der Waals surface area (Å²) in [5.41, 5.74) is 11.4. The monoisotopic (exact) mass is 598 g/mol. The summed E-state index contributed by atoms with van der Waals surface area (Å²) < 4.78 is 2.40. The Morgan fingerprint density at radius 1 is 0.362 bits per heavy atom. The molecule has 0 saturated heterocycles. The molecule has 2 heteroatoms. The summed E-state index contributed by atoms with van der Waals surface area (Å²) in [6.45, 7) is 0. The van der Waals surface area contributed by atoms with Crippen LogP contribution in [0.2, 0.25) is 0 Å². The van der Waals surface area contributed by atoms with Crippen LogP contribution in [0.3, 0.4) is 0 Å². The molecule has 0 atom stereocenters. The minimum Gasteiger partial charge on any atom is -0.309 e. The molecule has 0 bridgehead atoms. The highest BCUT2D eigenvalue weighted by Gasteiger charge is 2.20. The van der Waals surface area contributed by atoms with Gasteiger partial charge in [-0.3, -0.25) is 0 Å². The van der Waals surface area contributed by atoms with E-state index in [0.717, 1.165) is 39.2 Å². The Morgan fingerprint density at radius 2 is 0.894 bits per heavy atom. The van der Waals surface area contributed by atoms with E-state index in [2.05, 4.69) is 187 Å². The molecule has 220 valence electrons. The fourth-order valence-electron chi connectivity index (χ4n) is 7.09. The molecule has 0 radical (unpaired) electrons. The molecule has 0 unspecified atom stereocenters. The number of hydrogen-bond acceptors (Lipinski definition) is 1. The second kappa shape index (κ2) is 11.3. The van der Waals surface area contributed by atoms with E-state index in [1.165, 1.54) is 43.8 Å². The molecule has 0 fully saturated rings. The molecule has 0 spiro atoms. The van der Waals surface area contributed by atoms with Gasteiger partial charge in [0.15, 0.2) is 0 Å². The van der Waals surface area contributed by atoms with Crippen LogP contribution in [0.1, 0.15) is 0 Å². The molecule has 2 heterocycles. The van der Waals surface area contributed by atoms with Gasteiger partial charge in [-0.25, -0.2) is 4.98 Å². The van der Waals surface area contributed by atoms with Gasteiger partial charge in [-0.15, -0.1) is 0 Å². The Kier molecular flexibility index (Phi) is 6.50. The van der Waals surface area contributed by atoms with Gasteiger partial charge >= 0.3 is 0 Å². The average molecular weight is 599 g/mol. The number of para-hydroxylation sites is 1. The second-order valence-corrected chi connectivity index (χ2v) is 12.0. The molecule has 0 aliphatic carbocycles. The number of benzene rings is 7. The maximum atomic E-state index is 5.22. The fourth-order valence-corrected chi connectivity index (χ4v) is 7.09.